The Labute approximate surface area is 419 Å². The molecule has 12 N–H and O–H groups in total. The lowest BCUT2D eigenvalue weighted by molar-refractivity contribution is -0.121. The van der Waals surface area contributed by atoms with Gasteiger partial charge in [0, 0.05) is 60.0 Å². The van der Waals surface area contributed by atoms with Gasteiger partial charge in [0.25, 0.3) is 0 Å². The molecule has 3 aliphatic heterocycles. The molecule has 3 aliphatic rings. The molecule has 1 unspecified atom stereocenters. The number of carbonyl (C=O) groups excluding carboxylic acids is 2. The Kier molecular flexibility index (Phi) is 23.5. The van der Waals surface area contributed by atoms with Crippen LogP contribution >= 0.6 is 0 Å². The first-order valence-electron chi connectivity index (χ1n) is 26.4. The van der Waals surface area contributed by atoms with Crippen LogP contribution in [0.25, 0.3) is 24.3 Å². The van der Waals surface area contributed by atoms with E-state index in [-0.39, 0.29) is 17.9 Å². The lowest BCUT2D eigenvalue weighted by Gasteiger charge is -2.22. The molecule has 0 radical (unpaired) electrons. The average Bonchev–Trinajstić information content (AvgIpc) is 4.02. The maximum atomic E-state index is 13.5. The number of nitrogens with zero attached hydrogens (tertiary/aromatic N) is 4. The van der Waals surface area contributed by atoms with E-state index < -0.39 is 0 Å². The highest BCUT2D eigenvalue weighted by molar-refractivity contribution is 6.24. The Morgan fingerprint density at radius 2 is 1.17 bits per heavy atom. The number of hydrogen-bond acceptors (Lipinski definition) is 10. The molecule has 0 spiro atoms. The van der Waals surface area contributed by atoms with Crippen molar-refractivity contribution in [2.24, 2.45) is 32.9 Å². The summed E-state index contributed by atoms with van der Waals surface area (Å²) in [6, 6.07) is -0.146. The summed E-state index contributed by atoms with van der Waals surface area (Å²) in [6.07, 6.45) is 22.7. The summed E-state index contributed by atoms with van der Waals surface area (Å²) in [7, 11) is 0. The Morgan fingerprint density at radius 3 is 1.71 bits per heavy atom. The van der Waals surface area contributed by atoms with Crippen molar-refractivity contribution in [1.82, 2.24) is 30.4 Å². The van der Waals surface area contributed by atoms with Crippen molar-refractivity contribution in [3.05, 3.63) is 91.6 Å². The van der Waals surface area contributed by atoms with Crippen LogP contribution in [-0.4, -0.2) is 128 Å². The highest BCUT2D eigenvalue weighted by atomic mass is 16.2. The SMILES string of the molecule is C=Cc1c2[nH]c(c1C)/C=c1\[nH]/c(c(C)c1C=C)=C\C1=NC(=C\C3=NC(C2)C(C)=C3CCC(=O)NCCCCN(CCCN)CCCCN)/C(CCC(=O)NCCCCN(CCCN)CCCCN)=C1C. The van der Waals surface area contributed by atoms with Crippen LogP contribution in [0.2, 0.25) is 0 Å². The molecule has 0 fully saturated rings. The van der Waals surface area contributed by atoms with Gasteiger partial charge >= 0.3 is 0 Å². The van der Waals surface area contributed by atoms with E-state index in [2.05, 4.69) is 89.5 Å². The van der Waals surface area contributed by atoms with E-state index in [4.69, 9.17) is 32.9 Å². The summed E-state index contributed by atoms with van der Waals surface area (Å²) in [5.74, 6) is 0.0650. The standard InChI is InChI=1S/C56H88N12O2/c1-7-43-39(3)47-35-48-41(5)45(19-21-55(69)61-27-11-15-31-67(33-17-25-59)29-13-9-23-57)53(65-48)38-54-46(20-22-56(70)62-28-12-16-32-68(34-18-26-60)30-14-10-24-58)42(6)50(66-54)37-52-44(8-2)40(4)49(64-52)36-51(43)63-47/h7-8,35-36,38,50,63-64H,1-2,9-34,37,57-60H2,3-6H3,(H,61,69)(H,62,70)/b47-35-,51-36-,53-38-. The molecule has 8 bridgehead atoms. The molecule has 0 saturated carbocycles. The van der Waals surface area contributed by atoms with Crippen molar-refractivity contribution in [2.45, 2.75) is 130 Å². The summed E-state index contributed by atoms with van der Waals surface area (Å²) in [5.41, 5.74) is 36.2. The van der Waals surface area contributed by atoms with Crippen molar-refractivity contribution in [3.8, 4) is 0 Å². The van der Waals surface area contributed by atoms with Gasteiger partial charge in [-0.15, -0.1) is 0 Å². The fourth-order valence-corrected chi connectivity index (χ4v) is 9.94. The second-order valence-electron chi connectivity index (χ2n) is 19.3. The van der Waals surface area contributed by atoms with Crippen molar-refractivity contribution < 1.29 is 9.59 Å². The Morgan fingerprint density at radius 1 is 0.643 bits per heavy atom. The summed E-state index contributed by atoms with van der Waals surface area (Å²) in [5, 5.41) is 8.30. The molecule has 5 rings (SSSR count). The lowest BCUT2D eigenvalue weighted by atomic mass is 9.94. The molecule has 0 aromatic carbocycles. The first-order chi connectivity index (χ1) is 34.0. The zero-order valence-electron chi connectivity index (χ0n) is 43.4. The largest absolute Gasteiger partial charge is 0.358 e. The third kappa shape index (κ3) is 16.0. The van der Waals surface area contributed by atoms with E-state index in [1.165, 1.54) is 0 Å². The van der Waals surface area contributed by atoms with Gasteiger partial charge in [-0.2, -0.15) is 0 Å². The number of rotatable bonds is 32. The van der Waals surface area contributed by atoms with Crippen molar-refractivity contribution in [1.29, 1.82) is 0 Å². The van der Waals surface area contributed by atoms with Gasteiger partial charge < -0.3 is 53.3 Å². The Hall–Kier alpha value is -4.96. The fraction of sp³-hybridized carbons (Fsp3) is 0.571. The van der Waals surface area contributed by atoms with Gasteiger partial charge in [0.05, 0.1) is 23.2 Å². The summed E-state index contributed by atoms with van der Waals surface area (Å²) in [4.78, 5) is 50.0. The molecular weight excluding hydrogens is 873 g/mol. The zero-order chi connectivity index (χ0) is 50.4. The van der Waals surface area contributed by atoms with E-state index in [9.17, 15) is 9.59 Å². The Bertz CT molecular complexity index is 2380. The number of H-pyrrole nitrogens is 2. The lowest BCUT2D eigenvalue weighted by Crippen LogP contribution is -2.30. The number of aromatic amines is 2. The van der Waals surface area contributed by atoms with Gasteiger partial charge in [0.1, 0.15) is 0 Å². The van der Waals surface area contributed by atoms with Gasteiger partial charge in [-0.25, -0.2) is 4.99 Å². The van der Waals surface area contributed by atoms with E-state index >= 15 is 0 Å². The molecule has 70 heavy (non-hydrogen) atoms. The van der Waals surface area contributed by atoms with Gasteiger partial charge in [-0.05, 0) is 227 Å². The number of aliphatic imine (C=N–C) groups is 2. The maximum absolute atomic E-state index is 13.5. The second-order valence-corrected chi connectivity index (χ2v) is 19.3. The van der Waals surface area contributed by atoms with Crippen molar-refractivity contribution >= 4 is 47.5 Å². The van der Waals surface area contributed by atoms with E-state index in [0.29, 0.717) is 71.4 Å². The molecule has 2 aromatic heterocycles. The number of carbonyl (C=O) groups is 2. The smallest absolute Gasteiger partial charge is 0.220 e. The molecule has 0 saturated heterocycles. The minimum absolute atomic E-state index is 0.0278. The number of fused-ring (bicyclic) bond motifs is 6. The summed E-state index contributed by atoms with van der Waals surface area (Å²) < 4.78 is 0. The third-order valence-electron chi connectivity index (χ3n) is 14.3. The minimum Gasteiger partial charge on any atom is -0.358 e. The molecule has 14 heteroatoms. The molecule has 1 atom stereocenters. The van der Waals surface area contributed by atoms with Crippen molar-refractivity contribution in [2.75, 3.05) is 78.5 Å². The van der Waals surface area contributed by atoms with E-state index in [1.54, 1.807) is 0 Å². The van der Waals surface area contributed by atoms with E-state index in [0.717, 1.165) is 187 Å². The number of nitrogens with two attached hydrogens (primary N) is 4. The number of allylic oxidation sites excluding steroid dienone is 4. The van der Waals surface area contributed by atoms with Gasteiger partial charge in [0.15, 0.2) is 0 Å². The molecule has 0 aliphatic carbocycles. The second kappa shape index (κ2) is 29.4. The highest BCUT2D eigenvalue weighted by Gasteiger charge is 2.29. The first kappa shape index (κ1) is 56.0. The van der Waals surface area contributed by atoms with Crippen LogP contribution in [0, 0.1) is 13.8 Å². The first-order valence-corrected chi connectivity index (χ1v) is 26.4. The molecular formula is C56H88N12O2. The van der Waals surface area contributed by atoms with Crippen molar-refractivity contribution in [3.63, 3.8) is 0 Å². The zero-order valence-corrected chi connectivity index (χ0v) is 43.4. The van der Waals surface area contributed by atoms with Crippen LogP contribution in [-0.2, 0) is 16.0 Å². The molecule has 14 nitrogen and oxygen atoms in total. The van der Waals surface area contributed by atoms with Crippen LogP contribution in [0.1, 0.15) is 137 Å². The quantitative estimate of drug-likeness (QED) is 0.0446. The normalized spacial score (nSPS) is 17.3. The molecule has 2 amide bonds. The predicted octanol–water partition coefficient (Wildman–Crippen LogP) is 5.34. The molecule has 5 heterocycles. The monoisotopic (exact) mass is 961 g/mol. The minimum atomic E-state index is -0.146. The number of unbranched alkanes of at least 4 members (excludes halogenated alkanes) is 4. The van der Waals surface area contributed by atoms with Crippen LogP contribution in [0.3, 0.4) is 0 Å². The highest BCUT2D eigenvalue weighted by Crippen LogP contribution is 2.35. The molecule has 384 valence electrons. The number of amides is 2. The summed E-state index contributed by atoms with van der Waals surface area (Å²) >= 11 is 0. The predicted molar refractivity (Wildman–Crippen MR) is 294 cm³/mol. The third-order valence-corrected chi connectivity index (χ3v) is 14.3. The number of hydrogen-bond donors (Lipinski definition) is 8. The topological polar surface area (TPSA) is 225 Å². The number of nitrogens with one attached hydrogen (secondary N) is 4. The fourth-order valence-electron chi connectivity index (χ4n) is 9.94. The van der Waals surface area contributed by atoms with Crippen LogP contribution < -0.4 is 44.3 Å². The number of aromatic nitrogens is 2. The summed E-state index contributed by atoms with van der Waals surface area (Å²) in [6.45, 7) is 27.0. The maximum Gasteiger partial charge on any atom is 0.220 e. The van der Waals surface area contributed by atoms with Crippen LogP contribution in [0.15, 0.2) is 57.2 Å². The van der Waals surface area contributed by atoms with Crippen LogP contribution in [0.4, 0.5) is 0 Å². The van der Waals surface area contributed by atoms with Gasteiger partial charge in [-0.3, -0.25) is 14.6 Å². The Balaban J connectivity index is 1.36. The van der Waals surface area contributed by atoms with Gasteiger partial charge in [-0.1, -0.05) is 25.3 Å². The average molecular weight is 961 g/mol. The van der Waals surface area contributed by atoms with Crippen LogP contribution in [0.5, 0.6) is 0 Å². The molecule has 2 aromatic rings. The van der Waals surface area contributed by atoms with E-state index in [1.807, 2.05) is 12.2 Å². The van der Waals surface area contributed by atoms with Gasteiger partial charge in [0.2, 0.25) is 11.8 Å².